The highest BCUT2D eigenvalue weighted by atomic mass is 35.5. The highest BCUT2D eigenvalue weighted by Crippen LogP contribution is 2.12. The maximum atomic E-state index is 12.5. The number of aromatic nitrogens is 2. The highest BCUT2D eigenvalue weighted by Gasteiger charge is 2.22. The first kappa shape index (κ1) is 19.4. The number of benzene rings is 1. The maximum absolute atomic E-state index is 12.5. The summed E-state index contributed by atoms with van der Waals surface area (Å²) in [5, 5.41) is 7.01. The summed E-state index contributed by atoms with van der Waals surface area (Å²) < 4.78 is 1.52. The molecule has 2 unspecified atom stereocenters. The number of amides is 1. The van der Waals surface area contributed by atoms with Crippen molar-refractivity contribution in [3.8, 4) is 0 Å². The molecular weight excluding hydrogens is 340 g/mol. The van der Waals surface area contributed by atoms with Gasteiger partial charge in [-0.1, -0.05) is 19.1 Å². The van der Waals surface area contributed by atoms with Gasteiger partial charge in [0.25, 0.3) is 5.56 Å². The Hall–Kier alpha value is -1.92. The Morgan fingerprint density at radius 3 is 3.00 bits per heavy atom. The van der Waals surface area contributed by atoms with E-state index in [1.165, 1.54) is 10.9 Å². The molecule has 1 amide bonds. The monoisotopic (exact) mass is 364 g/mol. The Balaban J connectivity index is 0.00000225. The van der Waals surface area contributed by atoms with E-state index < -0.39 is 0 Å². The van der Waals surface area contributed by atoms with Crippen LogP contribution in [0.2, 0.25) is 0 Å². The number of halogens is 1. The summed E-state index contributed by atoms with van der Waals surface area (Å²) in [5.41, 5.74) is 1.62. The van der Waals surface area contributed by atoms with E-state index in [9.17, 15) is 9.59 Å². The first-order valence-electron chi connectivity index (χ1n) is 8.51. The standard InChI is InChI=1S/C18H24N4O2.ClH/c1-12-4-3-5-14-17(12)20-11-22(18(14)24)9-7-16(23)21-15-6-8-19-10-13(15)2;/h3-5,11,13,15,19H,6-10H2,1-2H3,(H,21,23);1H. The molecule has 2 N–H and O–H groups in total. The molecule has 0 spiro atoms. The van der Waals surface area contributed by atoms with Crippen molar-refractivity contribution < 1.29 is 4.79 Å². The number of aryl methyl sites for hydroxylation is 2. The number of fused-ring (bicyclic) bond motifs is 1. The lowest BCUT2D eigenvalue weighted by molar-refractivity contribution is -0.122. The van der Waals surface area contributed by atoms with Crippen LogP contribution >= 0.6 is 12.4 Å². The molecule has 2 atom stereocenters. The molecule has 1 saturated heterocycles. The van der Waals surface area contributed by atoms with Gasteiger partial charge in [0, 0.05) is 19.0 Å². The molecule has 0 aliphatic carbocycles. The Labute approximate surface area is 153 Å². The van der Waals surface area contributed by atoms with E-state index in [-0.39, 0.29) is 36.3 Å². The van der Waals surface area contributed by atoms with Crippen molar-refractivity contribution in [3.63, 3.8) is 0 Å². The quantitative estimate of drug-likeness (QED) is 0.864. The van der Waals surface area contributed by atoms with E-state index in [1.807, 2.05) is 19.1 Å². The van der Waals surface area contributed by atoms with Gasteiger partial charge in [-0.2, -0.15) is 0 Å². The highest BCUT2D eigenvalue weighted by molar-refractivity contribution is 5.85. The van der Waals surface area contributed by atoms with Gasteiger partial charge in [-0.05, 0) is 44.0 Å². The van der Waals surface area contributed by atoms with Crippen molar-refractivity contribution in [1.82, 2.24) is 20.2 Å². The second kappa shape index (κ2) is 8.45. The van der Waals surface area contributed by atoms with Crippen LogP contribution in [0.3, 0.4) is 0 Å². The summed E-state index contributed by atoms with van der Waals surface area (Å²) in [6.07, 6.45) is 2.78. The van der Waals surface area contributed by atoms with Crippen LogP contribution in [0.5, 0.6) is 0 Å². The van der Waals surface area contributed by atoms with Gasteiger partial charge in [0.1, 0.15) is 0 Å². The van der Waals surface area contributed by atoms with Gasteiger partial charge in [0.2, 0.25) is 5.91 Å². The molecule has 136 valence electrons. The van der Waals surface area contributed by atoms with Crippen LogP contribution in [0.4, 0.5) is 0 Å². The summed E-state index contributed by atoms with van der Waals surface area (Å²) in [7, 11) is 0. The molecule has 7 heteroatoms. The van der Waals surface area contributed by atoms with Crippen LogP contribution in [-0.4, -0.2) is 34.6 Å². The van der Waals surface area contributed by atoms with Gasteiger partial charge < -0.3 is 10.6 Å². The predicted molar refractivity (Wildman–Crippen MR) is 101 cm³/mol. The second-order valence-electron chi connectivity index (χ2n) is 6.61. The van der Waals surface area contributed by atoms with Gasteiger partial charge >= 0.3 is 0 Å². The number of hydrogen-bond acceptors (Lipinski definition) is 4. The Kier molecular flexibility index (Phi) is 6.56. The molecule has 0 saturated carbocycles. The first-order valence-corrected chi connectivity index (χ1v) is 8.51. The van der Waals surface area contributed by atoms with Crippen molar-refractivity contribution in [2.24, 2.45) is 5.92 Å². The summed E-state index contributed by atoms with van der Waals surface area (Å²) in [6.45, 7) is 6.28. The third-order valence-electron chi connectivity index (χ3n) is 4.77. The SMILES string of the molecule is Cc1cccc2c(=O)n(CCC(=O)NC3CCNCC3C)cnc12.Cl. The molecule has 0 bridgehead atoms. The third kappa shape index (κ3) is 4.38. The van der Waals surface area contributed by atoms with Crippen LogP contribution < -0.4 is 16.2 Å². The Bertz CT molecular complexity index is 805. The Morgan fingerprint density at radius 1 is 1.44 bits per heavy atom. The molecule has 1 aromatic heterocycles. The number of piperidine rings is 1. The molecule has 6 nitrogen and oxygen atoms in total. The van der Waals surface area contributed by atoms with E-state index in [4.69, 9.17) is 0 Å². The van der Waals surface area contributed by atoms with Crippen molar-refractivity contribution in [2.75, 3.05) is 13.1 Å². The summed E-state index contributed by atoms with van der Waals surface area (Å²) in [4.78, 5) is 29.1. The number of para-hydroxylation sites is 1. The molecule has 25 heavy (non-hydrogen) atoms. The van der Waals surface area contributed by atoms with Crippen LogP contribution in [0.25, 0.3) is 10.9 Å². The van der Waals surface area contributed by atoms with Gasteiger partial charge in [0.05, 0.1) is 17.2 Å². The zero-order chi connectivity index (χ0) is 17.1. The lowest BCUT2D eigenvalue weighted by Gasteiger charge is -2.30. The van der Waals surface area contributed by atoms with E-state index in [2.05, 4.69) is 22.5 Å². The van der Waals surface area contributed by atoms with Gasteiger partial charge in [0.15, 0.2) is 0 Å². The maximum Gasteiger partial charge on any atom is 0.261 e. The minimum Gasteiger partial charge on any atom is -0.353 e. The Morgan fingerprint density at radius 2 is 2.24 bits per heavy atom. The number of carbonyl (C=O) groups excluding carboxylic acids is 1. The van der Waals surface area contributed by atoms with E-state index in [1.54, 1.807) is 6.07 Å². The molecule has 2 heterocycles. The van der Waals surface area contributed by atoms with Crippen molar-refractivity contribution in [2.45, 2.75) is 39.3 Å². The van der Waals surface area contributed by atoms with Crippen LogP contribution in [0.1, 0.15) is 25.3 Å². The summed E-state index contributed by atoms with van der Waals surface area (Å²) in [6, 6.07) is 5.79. The lowest BCUT2D eigenvalue weighted by atomic mass is 9.95. The smallest absolute Gasteiger partial charge is 0.261 e. The second-order valence-corrected chi connectivity index (χ2v) is 6.61. The van der Waals surface area contributed by atoms with Crippen LogP contribution in [0, 0.1) is 12.8 Å². The molecule has 1 aromatic carbocycles. The topological polar surface area (TPSA) is 76.0 Å². The zero-order valence-electron chi connectivity index (χ0n) is 14.6. The fourth-order valence-corrected chi connectivity index (χ4v) is 3.23. The molecule has 1 fully saturated rings. The largest absolute Gasteiger partial charge is 0.353 e. The average Bonchev–Trinajstić information content (AvgIpc) is 2.57. The summed E-state index contributed by atoms with van der Waals surface area (Å²) in [5.74, 6) is 0.417. The van der Waals surface area contributed by atoms with E-state index in [0.29, 0.717) is 17.8 Å². The number of nitrogens with zero attached hydrogens (tertiary/aromatic N) is 2. The molecule has 3 rings (SSSR count). The fraction of sp³-hybridized carbons (Fsp3) is 0.500. The molecule has 1 aliphatic heterocycles. The van der Waals surface area contributed by atoms with Crippen molar-refractivity contribution >= 4 is 29.2 Å². The molecule has 1 aliphatic rings. The fourth-order valence-electron chi connectivity index (χ4n) is 3.23. The predicted octanol–water partition coefficient (Wildman–Crippen LogP) is 1.63. The minimum absolute atomic E-state index is 0. The third-order valence-corrected chi connectivity index (χ3v) is 4.77. The van der Waals surface area contributed by atoms with E-state index >= 15 is 0 Å². The zero-order valence-corrected chi connectivity index (χ0v) is 15.4. The molecular formula is C18H25ClN4O2. The van der Waals surface area contributed by atoms with E-state index in [0.717, 1.165) is 30.6 Å². The van der Waals surface area contributed by atoms with Crippen molar-refractivity contribution in [3.05, 3.63) is 40.4 Å². The van der Waals surface area contributed by atoms with Crippen LogP contribution in [-0.2, 0) is 11.3 Å². The van der Waals surface area contributed by atoms with Crippen LogP contribution in [0.15, 0.2) is 29.3 Å². The molecule has 0 radical (unpaired) electrons. The molecule has 2 aromatic rings. The van der Waals surface area contributed by atoms with Gasteiger partial charge in [-0.3, -0.25) is 14.2 Å². The van der Waals surface area contributed by atoms with Crippen molar-refractivity contribution in [1.29, 1.82) is 0 Å². The number of carbonyl (C=O) groups is 1. The minimum atomic E-state index is -0.0910. The van der Waals surface area contributed by atoms with Gasteiger partial charge in [-0.15, -0.1) is 12.4 Å². The number of rotatable bonds is 4. The number of nitrogens with one attached hydrogen (secondary N) is 2. The van der Waals surface area contributed by atoms with Gasteiger partial charge in [-0.25, -0.2) is 4.98 Å². The average molecular weight is 365 g/mol. The normalized spacial score (nSPS) is 20.1. The summed E-state index contributed by atoms with van der Waals surface area (Å²) >= 11 is 0. The number of hydrogen-bond donors (Lipinski definition) is 2. The lowest BCUT2D eigenvalue weighted by Crippen LogP contribution is -2.48. The first-order chi connectivity index (χ1) is 11.6.